The van der Waals surface area contributed by atoms with Crippen LogP contribution >= 0.6 is 0 Å². The number of nitrogens with zero attached hydrogens (tertiary/aromatic N) is 2. The molecule has 0 N–H and O–H groups in total. The number of aromatic nitrogens is 2. The van der Waals surface area contributed by atoms with Crippen molar-refractivity contribution in [3.05, 3.63) is 52.3 Å². The molecule has 196 valence electrons. The zero-order valence-electron chi connectivity index (χ0n) is 24.4. The van der Waals surface area contributed by atoms with Gasteiger partial charge in [-0.15, -0.1) is 0 Å². The summed E-state index contributed by atoms with van der Waals surface area (Å²) in [4.78, 5) is 9.56. The predicted octanol–water partition coefficient (Wildman–Crippen LogP) is 6.21. The molecule has 0 fully saturated rings. The molecule has 2 aliphatic heterocycles. The molecular weight excluding hydrogens is 467 g/mol. The van der Waals surface area contributed by atoms with E-state index >= 15 is 0 Å². The number of benzene rings is 2. The van der Waals surface area contributed by atoms with Gasteiger partial charge in [0.05, 0.1) is 5.46 Å². The summed E-state index contributed by atoms with van der Waals surface area (Å²) in [5.74, 6) is 3.81. The minimum atomic E-state index is -0.00891. The van der Waals surface area contributed by atoms with Gasteiger partial charge in [-0.3, -0.25) is 0 Å². The van der Waals surface area contributed by atoms with Gasteiger partial charge in [0, 0.05) is 0 Å². The van der Waals surface area contributed by atoms with Gasteiger partial charge in [-0.25, -0.2) is 0 Å². The van der Waals surface area contributed by atoms with Crippen molar-refractivity contribution in [3.63, 3.8) is 0 Å². The molecule has 5 heteroatoms. The first-order chi connectivity index (χ1) is 17.7. The van der Waals surface area contributed by atoms with Crippen molar-refractivity contribution in [1.29, 1.82) is 0 Å². The molecule has 3 heterocycles. The number of rotatable bonds is 0. The quantitative estimate of drug-likeness (QED) is 0.234. The molecule has 0 saturated heterocycles. The van der Waals surface area contributed by atoms with Crippen LogP contribution in [0.2, 0.25) is 0 Å². The summed E-state index contributed by atoms with van der Waals surface area (Å²) in [6.07, 6.45) is 4.70. The summed E-state index contributed by atoms with van der Waals surface area (Å²) in [5, 5.41) is 0. The maximum atomic E-state index is 6.60. The third-order valence-electron chi connectivity index (χ3n) is 10.3. The molecule has 0 radical (unpaired) electrons. The predicted molar refractivity (Wildman–Crippen MR) is 155 cm³/mol. The Labute approximate surface area is 227 Å². The highest BCUT2D eigenvalue weighted by Gasteiger charge is 2.47. The van der Waals surface area contributed by atoms with Crippen LogP contribution in [0.5, 0.6) is 23.3 Å². The van der Waals surface area contributed by atoms with E-state index in [1.807, 2.05) is 6.92 Å². The van der Waals surface area contributed by atoms with Gasteiger partial charge in [-0.05, 0) is 99.6 Å². The fourth-order valence-electron chi connectivity index (χ4n) is 7.47. The van der Waals surface area contributed by atoms with E-state index in [-0.39, 0.29) is 28.4 Å². The summed E-state index contributed by atoms with van der Waals surface area (Å²) in [7, 11) is 0. The topological polar surface area (TPSA) is 44.2 Å². The van der Waals surface area contributed by atoms with Gasteiger partial charge in [0.15, 0.2) is 0 Å². The van der Waals surface area contributed by atoms with Crippen LogP contribution in [0.15, 0.2) is 24.3 Å². The zero-order valence-corrected chi connectivity index (χ0v) is 24.4. The summed E-state index contributed by atoms with van der Waals surface area (Å²) in [6, 6.07) is 9.55. The van der Waals surface area contributed by atoms with Gasteiger partial charge in [-0.2, -0.15) is 9.97 Å². The normalized spacial score (nSPS) is 22.1. The first-order valence-corrected chi connectivity index (χ1v) is 14.3. The lowest BCUT2D eigenvalue weighted by molar-refractivity contribution is 0.329. The highest BCUT2D eigenvalue weighted by atomic mass is 16.5. The molecule has 0 saturated carbocycles. The fraction of sp³-hybridized carbons (Fsp3) is 0.515. The molecular formula is C33H39BN2O2. The molecule has 1 aromatic heterocycles. The fourth-order valence-corrected chi connectivity index (χ4v) is 7.47. The van der Waals surface area contributed by atoms with Gasteiger partial charge in [0.1, 0.15) is 17.3 Å². The monoisotopic (exact) mass is 506 g/mol. The highest BCUT2D eigenvalue weighted by Crippen LogP contribution is 2.49. The number of ether oxygens (including phenoxy) is 2. The van der Waals surface area contributed by atoms with Crippen LogP contribution in [0.3, 0.4) is 0 Å². The summed E-state index contributed by atoms with van der Waals surface area (Å²) < 4.78 is 13.2. The van der Waals surface area contributed by atoms with E-state index in [0.717, 1.165) is 17.0 Å². The van der Waals surface area contributed by atoms with Crippen molar-refractivity contribution < 1.29 is 9.47 Å². The largest absolute Gasteiger partial charge is 0.440 e. The Kier molecular flexibility index (Phi) is 4.61. The Morgan fingerprint density at radius 2 is 0.921 bits per heavy atom. The Hall–Kier alpha value is -2.82. The Morgan fingerprint density at radius 3 is 1.29 bits per heavy atom. The Morgan fingerprint density at radius 1 is 0.579 bits per heavy atom. The van der Waals surface area contributed by atoms with Crippen LogP contribution in [0.1, 0.15) is 109 Å². The van der Waals surface area contributed by atoms with Crippen LogP contribution in [0, 0.1) is 6.92 Å². The zero-order chi connectivity index (χ0) is 27.0. The lowest BCUT2D eigenvalue weighted by Gasteiger charge is -2.44. The molecule has 7 rings (SSSR count). The van der Waals surface area contributed by atoms with Crippen LogP contribution in [0.4, 0.5) is 0 Å². The first kappa shape index (κ1) is 24.2. The molecule has 0 amide bonds. The van der Waals surface area contributed by atoms with Crippen LogP contribution < -0.4 is 25.9 Å². The standard InChI is InChI=1S/C33H39BN2O2/c1-18-35-28-27-29(36-18)38-26-17-22-20(31(4,5)11-13-33(22,8)9)15-24(26)34(27)23-14-19-21(16-25(23)37-28)32(6,7)12-10-30(19,2)3/h14-17H,10-13H2,1-9H3. The molecule has 0 bridgehead atoms. The third kappa shape index (κ3) is 3.23. The highest BCUT2D eigenvalue weighted by molar-refractivity contribution is 6.98. The van der Waals surface area contributed by atoms with Crippen molar-refractivity contribution in [1.82, 2.24) is 9.97 Å². The summed E-state index contributed by atoms with van der Waals surface area (Å²) in [5.41, 5.74) is 9.55. The van der Waals surface area contributed by atoms with E-state index < -0.39 is 0 Å². The lowest BCUT2D eigenvalue weighted by atomic mass is 9.34. The second-order valence-corrected chi connectivity index (χ2v) is 14.8. The lowest BCUT2D eigenvalue weighted by Crippen LogP contribution is -2.59. The molecule has 3 aromatic rings. The van der Waals surface area contributed by atoms with Crippen molar-refractivity contribution >= 4 is 23.1 Å². The molecule has 38 heavy (non-hydrogen) atoms. The average Bonchev–Trinajstić information content (AvgIpc) is 2.83. The number of hydrogen-bond acceptors (Lipinski definition) is 4. The number of aryl methyl sites for hydroxylation is 1. The summed E-state index contributed by atoms with van der Waals surface area (Å²) >= 11 is 0. The summed E-state index contributed by atoms with van der Waals surface area (Å²) in [6.45, 7) is 20.9. The van der Waals surface area contributed by atoms with Gasteiger partial charge in [0.25, 0.3) is 6.71 Å². The van der Waals surface area contributed by atoms with E-state index in [2.05, 4.69) is 79.7 Å². The smallest absolute Gasteiger partial charge is 0.265 e. The number of hydrogen-bond donors (Lipinski definition) is 0. The van der Waals surface area contributed by atoms with Crippen molar-refractivity contribution in [2.75, 3.05) is 0 Å². The third-order valence-corrected chi connectivity index (χ3v) is 10.3. The van der Waals surface area contributed by atoms with Crippen LogP contribution in [-0.4, -0.2) is 16.7 Å². The van der Waals surface area contributed by atoms with Crippen LogP contribution in [-0.2, 0) is 21.7 Å². The minimum absolute atomic E-state index is 0.00891. The Bertz CT molecular complexity index is 1440. The minimum Gasteiger partial charge on any atom is -0.440 e. The van der Waals surface area contributed by atoms with E-state index in [9.17, 15) is 0 Å². The molecule has 4 nitrogen and oxygen atoms in total. The van der Waals surface area contributed by atoms with Gasteiger partial charge >= 0.3 is 0 Å². The van der Waals surface area contributed by atoms with Gasteiger partial charge in [0.2, 0.25) is 11.8 Å². The molecule has 2 aromatic carbocycles. The SMILES string of the molecule is Cc1nc2c3c(n1)Oc1cc4c(cc1B3c1cc3c(cc1O2)C(C)(C)CCC3(C)C)C(C)(C)CCC4(C)C. The molecule has 4 aliphatic rings. The molecule has 0 atom stereocenters. The molecule has 0 unspecified atom stereocenters. The maximum absolute atomic E-state index is 6.60. The second kappa shape index (κ2) is 7.22. The van der Waals surface area contributed by atoms with E-state index in [4.69, 9.17) is 19.4 Å². The van der Waals surface area contributed by atoms with E-state index in [0.29, 0.717) is 17.6 Å². The molecule has 2 aliphatic carbocycles. The average molecular weight is 506 g/mol. The van der Waals surface area contributed by atoms with Gasteiger partial charge < -0.3 is 9.47 Å². The van der Waals surface area contributed by atoms with Crippen molar-refractivity contribution in [3.8, 4) is 23.3 Å². The van der Waals surface area contributed by atoms with Crippen molar-refractivity contribution in [2.45, 2.75) is 110 Å². The van der Waals surface area contributed by atoms with E-state index in [1.54, 1.807) is 0 Å². The second-order valence-electron chi connectivity index (χ2n) is 14.8. The van der Waals surface area contributed by atoms with Crippen LogP contribution in [0.25, 0.3) is 0 Å². The molecule has 0 spiro atoms. The van der Waals surface area contributed by atoms with Crippen molar-refractivity contribution in [2.24, 2.45) is 0 Å². The van der Waals surface area contributed by atoms with E-state index in [1.165, 1.54) is 58.9 Å². The maximum Gasteiger partial charge on any atom is 0.265 e. The Balaban J connectivity index is 1.53. The van der Waals surface area contributed by atoms with Gasteiger partial charge in [-0.1, -0.05) is 67.5 Å². The first-order valence-electron chi connectivity index (χ1n) is 14.3. The number of fused-ring (bicyclic) bond motifs is 6.